The topological polar surface area (TPSA) is 155 Å². The van der Waals surface area contributed by atoms with E-state index in [2.05, 4.69) is 15.3 Å². The molecule has 11 nitrogen and oxygen atoms in total. The molecule has 11 heteroatoms. The largest absolute Gasteiger partial charge is 0.394 e. The fraction of sp³-hybridized carbons (Fsp3) is 0.600. The maximum Gasteiger partial charge on any atom is 0.328 e. The molecule has 3 heterocycles. The number of aliphatic hydroxyl groups excluding tert-OH is 3. The summed E-state index contributed by atoms with van der Waals surface area (Å²) < 4.78 is 8.21. The first-order valence-electron chi connectivity index (χ1n) is 8.18. The molecule has 1 aliphatic heterocycles. The Bertz CT molecular complexity index is 887. The van der Waals surface area contributed by atoms with E-state index in [4.69, 9.17) is 4.74 Å². The Morgan fingerprint density at radius 3 is 2.58 bits per heavy atom. The molecule has 0 spiro atoms. The van der Waals surface area contributed by atoms with E-state index < -0.39 is 42.3 Å². The van der Waals surface area contributed by atoms with Gasteiger partial charge in [0.05, 0.1) is 24.9 Å². The van der Waals surface area contributed by atoms with Crippen molar-refractivity contribution in [2.45, 2.75) is 50.8 Å². The van der Waals surface area contributed by atoms with Crippen LogP contribution in [0.25, 0.3) is 0 Å². The van der Waals surface area contributed by atoms with Gasteiger partial charge in [0.25, 0.3) is 5.56 Å². The predicted octanol–water partition coefficient (Wildman–Crippen LogP) is -2.09. The summed E-state index contributed by atoms with van der Waals surface area (Å²) in [4.78, 5) is 26.4. The monoisotopic (exact) mass is 367 g/mol. The standard InChI is InChI=1S/C15H21N5O6/c1-7(2)20-4-8(17-18-20)3-19-5-9(14(24)16-15(19)25)13-12(23)11(22)10(6-21)26-13/h4-5,7,10-13,21-23H,3,6H2,1-2H3,(H,16,24,25)/t10-,11?,12+,13+/m1/s1. The van der Waals surface area contributed by atoms with Crippen LogP contribution >= 0.6 is 0 Å². The number of hydrogen-bond donors (Lipinski definition) is 4. The van der Waals surface area contributed by atoms with Crippen LogP contribution in [0.3, 0.4) is 0 Å². The molecule has 1 unspecified atom stereocenters. The first kappa shape index (κ1) is 18.5. The van der Waals surface area contributed by atoms with Gasteiger partial charge in [0.15, 0.2) is 0 Å². The van der Waals surface area contributed by atoms with Gasteiger partial charge >= 0.3 is 5.69 Å². The molecule has 142 valence electrons. The minimum Gasteiger partial charge on any atom is -0.394 e. The average molecular weight is 367 g/mol. The lowest BCUT2D eigenvalue weighted by atomic mass is 10.0. The lowest BCUT2D eigenvalue weighted by Gasteiger charge is -2.15. The number of hydrogen-bond acceptors (Lipinski definition) is 8. The quantitative estimate of drug-likeness (QED) is 0.469. The van der Waals surface area contributed by atoms with Crippen LogP contribution in [0.4, 0.5) is 0 Å². The average Bonchev–Trinajstić information content (AvgIpc) is 3.17. The number of aromatic nitrogens is 5. The fourth-order valence-electron chi connectivity index (χ4n) is 2.82. The molecule has 4 atom stereocenters. The van der Waals surface area contributed by atoms with Gasteiger partial charge in [-0.2, -0.15) is 0 Å². The first-order chi connectivity index (χ1) is 12.3. The second-order valence-electron chi connectivity index (χ2n) is 6.51. The van der Waals surface area contributed by atoms with Crippen LogP contribution in [-0.4, -0.2) is 64.8 Å². The summed E-state index contributed by atoms with van der Waals surface area (Å²) in [6.07, 6.45) is -1.97. The third kappa shape index (κ3) is 3.33. The molecule has 0 aromatic carbocycles. The number of nitrogens with zero attached hydrogens (tertiary/aromatic N) is 4. The Labute approximate surface area is 147 Å². The molecule has 1 aliphatic rings. The van der Waals surface area contributed by atoms with Crippen LogP contribution in [0.2, 0.25) is 0 Å². The van der Waals surface area contributed by atoms with Crippen molar-refractivity contribution < 1.29 is 20.1 Å². The maximum absolute atomic E-state index is 12.1. The Morgan fingerprint density at radius 2 is 2.00 bits per heavy atom. The second-order valence-corrected chi connectivity index (χ2v) is 6.51. The predicted molar refractivity (Wildman–Crippen MR) is 87.5 cm³/mol. The number of H-pyrrole nitrogens is 1. The Balaban J connectivity index is 1.92. The van der Waals surface area contributed by atoms with E-state index in [9.17, 15) is 24.9 Å². The van der Waals surface area contributed by atoms with Crippen molar-refractivity contribution >= 4 is 0 Å². The lowest BCUT2D eigenvalue weighted by molar-refractivity contribution is -0.0233. The molecule has 1 fully saturated rings. The van der Waals surface area contributed by atoms with Crippen LogP contribution in [-0.2, 0) is 11.3 Å². The van der Waals surface area contributed by atoms with E-state index in [1.807, 2.05) is 13.8 Å². The number of nitrogens with one attached hydrogen (secondary N) is 1. The molecule has 0 saturated carbocycles. The highest BCUT2D eigenvalue weighted by molar-refractivity contribution is 5.15. The minimum atomic E-state index is -1.40. The minimum absolute atomic E-state index is 0.0247. The number of aliphatic hydroxyl groups is 3. The Hall–Kier alpha value is -2.34. The van der Waals surface area contributed by atoms with Crippen molar-refractivity contribution in [2.75, 3.05) is 6.61 Å². The van der Waals surface area contributed by atoms with E-state index in [1.54, 1.807) is 10.9 Å². The van der Waals surface area contributed by atoms with E-state index in [0.717, 1.165) is 0 Å². The molecule has 0 amide bonds. The van der Waals surface area contributed by atoms with Crippen molar-refractivity contribution in [1.82, 2.24) is 24.5 Å². The highest BCUT2D eigenvalue weighted by Crippen LogP contribution is 2.31. The normalized spacial score (nSPS) is 25.9. The van der Waals surface area contributed by atoms with Gasteiger partial charge in [0.2, 0.25) is 0 Å². The molecular weight excluding hydrogens is 346 g/mol. The van der Waals surface area contributed by atoms with Crippen LogP contribution in [0, 0.1) is 0 Å². The number of rotatable bonds is 5. The SMILES string of the molecule is CC(C)n1cc(Cn2cc([C@@H]3O[C@H](CO)C(O)[C@@H]3O)c(=O)[nH]c2=O)nn1. The third-order valence-electron chi connectivity index (χ3n) is 4.31. The third-order valence-corrected chi connectivity index (χ3v) is 4.31. The van der Waals surface area contributed by atoms with Crippen LogP contribution < -0.4 is 11.2 Å². The zero-order valence-electron chi connectivity index (χ0n) is 14.3. The summed E-state index contributed by atoms with van der Waals surface area (Å²) >= 11 is 0. The van der Waals surface area contributed by atoms with Gasteiger partial charge in [-0.1, -0.05) is 5.21 Å². The Morgan fingerprint density at radius 1 is 1.27 bits per heavy atom. The van der Waals surface area contributed by atoms with Gasteiger partial charge in [-0.05, 0) is 13.8 Å². The van der Waals surface area contributed by atoms with Gasteiger partial charge in [0.1, 0.15) is 30.1 Å². The van der Waals surface area contributed by atoms with Crippen molar-refractivity contribution in [3.05, 3.63) is 44.5 Å². The van der Waals surface area contributed by atoms with Crippen LogP contribution in [0.1, 0.15) is 37.3 Å². The first-order valence-corrected chi connectivity index (χ1v) is 8.18. The summed E-state index contributed by atoms with van der Waals surface area (Å²) in [5.41, 5.74) is -0.889. The van der Waals surface area contributed by atoms with Gasteiger partial charge in [0, 0.05) is 12.2 Å². The number of ether oxygens (including phenoxy) is 1. The summed E-state index contributed by atoms with van der Waals surface area (Å²) in [6, 6.07) is 0.109. The molecule has 4 N–H and O–H groups in total. The van der Waals surface area contributed by atoms with Gasteiger partial charge in [-0.3, -0.25) is 14.3 Å². The molecular formula is C15H21N5O6. The molecule has 0 aliphatic carbocycles. The van der Waals surface area contributed by atoms with Crippen LogP contribution in [0.5, 0.6) is 0 Å². The van der Waals surface area contributed by atoms with Crippen molar-refractivity contribution in [2.24, 2.45) is 0 Å². The van der Waals surface area contributed by atoms with E-state index >= 15 is 0 Å². The fourth-order valence-corrected chi connectivity index (χ4v) is 2.82. The van der Waals surface area contributed by atoms with E-state index in [0.29, 0.717) is 5.69 Å². The lowest BCUT2D eigenvalue weighted by Crippen LogP contribution is -2.36. The second kappa shape index (κ2) is 7.11. The molecule has 0 radical (unpaired) electrons. The molecule has 1 saturated heterocycles. The zero-order chi connectivity index (χ0) is 19.0. The smallest absolute Gasteiger partial charge is 0.328 e. The van der Waals surface area contributed by atoms with Gasteiger partial charge in [-0.15, -0.1) is 5.10 Å². The zero-order valence-corrected chi connectivity index (χ0v) is 14.3. The summed E-state index contributed by atoms with van der Waals surface area (Å²) in [7, 11) is 0. The van der Waals surface area contributed by atoms with Gasteiger partial charge < -0.3 is 20.1 Å². The molecule has 2 aromatic heterocycles. The van der Waals surface area contributed by atoms with Crippen LogP contribution in [0.15, 0.2) is 22.0 Å². The number of aromatic amines is 1. The molecule has 2 aromatic rings. The highest BCUT2D eigenvalue weighted by Gasteiger charge is 2.44. The van der Waals surface area contributed by atoms with E-state index in [1.165, 1.54) is 10.8 Å². The summed E-state index contributed by atoms with van der Waals surface area (Å²) in [5.74, 6) is 0. The van der Waals surface area contributed by atoms with Crippen molar-refractivity contribution in [1.29, 1.82) is 0 Å². The van der Waals surface area contributed by atoms with Crippen molar-refractivity contribution in [3.63, 3.8) is 0 Å². The summed E-state index contributed by atoms with van der Waals surface area (Å²) in [5, 5.41) is 37.1. The van der Waals surface area contributed by atoms with Gasteiger partial charge in [-0.25, -0.2) is 9.48 Å². The summed E-state index contributed by atoms with van der Waals surface area (Å²) in [6.45, 7) is 3.42. The molecule has 3 rings (SSSR count). The highest BCUT2D eigenvalue weighted by atomic mass is 16.6. The maximum atomic E-state index is 12.1. The van der Waals surface area contributed by atoms with E-state index in [-0.39, 0.29) is 18.2 Å². The molecule has 26 heavy (non-hydrogen) atoms. The Kier molecular flexibility index (Phi) is 5.05. The molecule has 0 bridgehead atoms. The van der Waals surface area contributed by atoms with Crippen molar-refractivity contribution in [3.8, 4) is 0 Å².